The first-order valence-electron chi connectivity index (χ1n) is 18.3. The molecule has 314 valence electrons. The largest absolute Gasteiger partial charge is 0.445 e. The van der Waals surface area contributed by atoms with E-state index in [4.69, 9.17) is 42.6 Å². The zero-order valence-corrected chi connectivity index (χ0v) is 32.7. The molecule has 1 rings (SSSR count). The minimum atomic E-state index is -0.986. The molecular weight excluding hydrogens is 724 g/mol. The van der Waals surface area contributed by atoms with E-state index in [-0.39, 0.29) is 36.9 Å². The van der Waals surface area contributed by atoms with Crippen LogP contribution in [0.5, 0.6) is 0 Å². The highest BCUT2D eigenvalue weighted by Crippen LogP contribution is 2.17. The number of rotatable bonds is 34. The number of carbonyl (C=O) groups is 4. The number of amides is 4. The normalized spacial score (nSPS) is 12.2. The van der Waals surface area contributed by atoms with Gasteiger partial charge >= 0.3 is 6.09 Å². The summed E-state index contributed by atoms with van der Waals surface area (Å²) in [4.78, 5) is 50.5. The first kappa shape index (κ1) is 49.3. The maximum absolute atomic E-state index is 12.9. The second kappa shape index (κ2) is 32.5. The van der Waals surface area contributed by atoms with Crippen molar-refractivity contribution in [3.63, 3.8) is 0 Å². The molecule has 18 nitrogen and oxygen atoms in total. The molecule has 18 heteroatoms. The van der Waals surface area contributed by atoms with Crippen LogP contribution in [0, 0.1) is 5.92 Å². The Balaban J connectivity index is 2.20. The van der Waals surface area contributed by atoms with Gasteiger partial charge in [-0.05, 0) is 30.5 Å². The molecule has 0 heterocycles. The molecule has 0 aliphatic carbocycles. The van der Waals surface area contributed by atoms with Crippen molar-refractivity contribution in [1.29, 1.82) is 0 Å². The van der Waals surface area contributed by atoms with Gasteiger partial charge in [0, 0.05) is 24.9 Å². The van der Waals surface area contributed by atoms with Crippen molar-refractivity contribution in [2.24, 2.45) is 5.92 Å². The predicted molar refractivity (Wildman–Crippen MR) is 202 cm³/mol. The molecule has 0 saturated heterocycles. The average molecular weight is 787 g/mol. The number of aliphatic hydroxyl groups is 1. The van der Waals surface area contributed by atoms with Crippen LogP contribution in [0.25, 0.3) is 0 Å². The van der Waals surface area contributed by atoms with Gasteiger partial charge in [-0.15, -0.1) is 0 Å². The van der Waals surface area contributed by atoms with Gasteiger partial charge in [0.25, 0.3) is 5.91 Å². The van der Waals surface area contributed by atoms with Gasteiger partial charge in [-0.2, -0.15) is 0 Å². The lowest BCUT2D eigenvalue weighted by molar-refractivity contribution is -0.128. The van der Waals surface area contributed by atoms with Crippen LogP contribution in [-0.2, 0) is 58.8 Å². The van der Waals surface area contributed by atoms with Crippen LogP contribution < -0.4 is 21.3 Å². The van der Waals surface area contributed by atoms with E-state index in [1.54, 1.807) is 21.0 Å². The minimum absolute atomic E-state index is 0.0180. The van der Waals surface area contributed by atoms with Crippen LogP contribution >= 0.6 is 0 Å². The molecule has 0 saturated carbocycles. The van der Waals surface area contributed by atoms with E-state index in [9.17, 15) is 24.3 Å². The number of anilines is 1. The van der Waals surface area contributed by atoms with Crippen molar-refractivity contribution in [3.8, 4) is 0 Å². The first-order chi connectivity index (χ1) is 26.6. The van der Waals surface area contributed by atoms with Crippen LogP contribution in [0.1, 0.15) is 36.7 Å². The Kier molecular flexibility index (Phi) is 29.1. The van der Waals surface area contributed by atoms with Crippen molar-refractivity contribution in [1.82, 2.24) is 16.0 Å². The summed E-state index contributed by atoms with van der Waals surface area (Å²) in [5.41, 5.74) is 0.805. The Hall–Kier alpha value is -3.72. The van der Waals surface area contributed by atoms with Crippen LogP contribution in [0.2, 0.25) is 0 Å². The second-order valence-corrected chi connectivity index (χ2v) is 12.0. The smallest absolute Gasteiger partial charge is 0.408 e. The van der Waals surface area contributed by atoms with Gasteiger partial charge in [-0.1, -0.05) is 32.6 Å². The lowest BCUT2D eigenvalue weighted by atomic mass is 10.0. The molecule has 4 amide bonds. The second-order valence-electron chi connectivity index (χ2n) is 12.0. The summed E-state index contributed by atoms with van der Waals surface area (Å²) in [6.07, 6.45) is 0.612. The van der Waals surface area contributed by atoms with Crippen LogP contribution in [-0.4, -0.2) is 160 Å². The molecule has 0 aliphatic rings. The molecule has 0 unspecified atom stereocenters. The molecule has 0 spiro atoms. The highest BCUT2D eigenvalue weighted by molar-refractivity contribution is 6.00. The van der Waals surface area contributed by atoms with Gasteiger partial charge in [-0.25, -0.2) is 4.79 Å². The number of ether oxygens (including phenoxy) is 9. The Morgan fingerprint density at radius 2 is 1.20 bits per heavy atom. The van der Waals surface area contributed by atoms with Gasteiger partial charge < -0.3 is 69.0 Å². The maximum atomic E-state index is 12.9. The summed E-state index contributed by atoms with van der Waals surface area (Å²) in [7, 11) is 1.63. The number of hydrogen-bond donors (Lipinski definition) is 5. The van der Waals surface area contributed by atoms with Gasteiger partial charge in [0.2, 0.25) is 11.8 Å². The molecule has 2 atom stereocenters. The summed E-state index contributed by atoms with van der Waals surface area (Å²) in [5.74, 6) is -1.89. The number of alkyl carbamates (subject to hydrolysis) is 1. The quantitative estimate of drug-likeness (QED) is 0.0488. The number of benzene rings is 1. The molecule has 0 bridgehead atoms. The van der Waals surface area contributed by atoms with E-state index in [0.29, 0.717) is 98.1 Å². The van der Waals surface area contributed by atoms with Gasteiger partial charge in [0.05, 0.1) is 106 Å². The van der Waals surface area contributed by atoms with E-state index in [0.717, 1.165) is 0 Å². The fraction of sp³-hybridized carbons (Fsp3) is 0.676. The van der Waals surface area contributed by atoms with E-state index >= 15 is 0 Å². The molecule has 0 radical (unpaired) electrons. The van der Waals surface area contributed by atoms with Crippen molar-refractivity contribution < 1.29 is 66.9 Å². The van der Waals surface area contributed by atoms with Gasteiger partial charge in [-0.3, -0.25) is 14.4 Å². The third-order valence-electron chi connectivity index (χ3n) is 7.29. The first-order valence-corrected chi connectivity index (χ1v) is 18.3. The number of aliphatic hydroxyl groups excluding tert-OH is 1. The van der Waals surface area contributed by atoms with Crippen molar-refractivity contribution >= 4 is 29.5 Å². The van der Waals surface area contributed by atoms with Gasteiger partial charge in [0.15, 0.2) is 0 Å². The fourth-order valence-corrected chi connectivity index (χ4v) is 4.36. The third-order valence-corrected chi connectivity index (χ3v) is 7.29. The maximum Gasteiger partial charge on any atom is 0.408 e. The molecule has 55 heavy (non-hydrogen) atoms. The van der Waals surface area contributed by atoms with E-state index in [1.165, 1.54) is 31.2 Å². The number of methoxy groups -OCH3 is 1. The lowest BCUT2D eigenvalue weighted by Gasteiger charge is -2.23. The van der Waals surface area contributed by atoms with Crippen LogP contribution in [0.3, 0.4) is 0 Å². The predicted octanol–water partition coefficient (Wildman–Crippen LogP) is 1.05. The summed E-state index contributed by atoms with van der Waals surface area (Å²) in [6.45, 7) is 14.9. The molecule has 0 aromatic heterocycles. The van der Waals surface area contributed by atoms with Crippen molar-refractivity contribution in [2.75, 3.05) is 125 Å². The monoisotopic (exact) mass is 786 g/mol. The van der Waals surface area contributed by atoms with Crippen LogP contribution in [0.4, 0.5) is 10.5 Å². The zero-order valence-electron chi connectivity index (χ0n) is 32.7. The Bertz CT molecular complexity index is 1220. The van der Waals surface area contributed by atoms with E-state index in [2.05, 4.69) is 27.8 Å². The van der Waals surface area contributed by atoms with Crippen molar-refractivity contribution in [3.05, 3.63) is 42.0 Å². The number of hydrogen-bond acceptors (Lipinski definition) is 14. The summed E-state index contributed by atoms with van der Waals surface area (Å²) >= 11 is 0. The van der Waals surface area contributed by atoms with E-state index in [1.807, 2.05) is 0 Å². The summed E-state index contributed by atoms with van der Waals surface area (Å²) in [5, 5.41) is 20.2. The fourth-order valence-electron chi connectivity index (χ4n) is 4.36. The number of nitrogens with one attached hydrogen (secondary N) is 4. The highest BCUT2D eigenvalue weighted by Gasteiger charge is 2.27. The Morgan fingerprint density at radius 3 is 1.65 bits per heavy atom. The molecule has 5 N–H and O–H groups in total. The molecule has 1 aromatic carbocycles. The Morgan fingerprint density at radius 1 is 0.709 bits per heavy atom. The third kappa shape index (κ3) is 24.4. The van der Waals surface area contributed by atoms with Gasteiger partial charge in [0.1, 0.15) is 18.7 Å². The summed E-state index contributed by atoms with van der Waals surface area (Å²) < 4.78 is 47.8. The molecule has 0 fully saturated rings. The zero-order chi connectivity index (χ0) is 40.5. The lowest BCUT2D eigenvalue weighted by Crippen LogP contribution is -2.53. The Labute approximate surface area is 324 Å². The topological polar surface area (TPSA) is 220 Å². The standard InChI is InChI=1S/C37H62N4O14/c1-6-10-55-37(46)41-33(28(2)3)36(45)39-29(4)34(43)40-31-8-7-30(27-42)32(26-31)35(44)38-9-11-48-14-15-50-18-19-52-22-23-54-25-24-53-21-20-51-17-16-49-13-12-47-5/h6-8,26,28-29,33,42H,1,9-25,27H2,2-5H3,(H,38,44)(H,39,45)(H,40,43)(H,41,46)/t29-,33+/m1/s1. The molecular formula is C37H62N4O14. The number of carbonyl (C=O) groups excluding carboxylic acids is 4. The minimum Gasteiger partial charge on any atom is -0.445 e. The van der Waals surface area contributed by atoms with Crippen LogP contribution in [0.15, 0.2) is 30.9 Å². The highest BCUT2D eigenvalue weighted by atomic mass is 16.6. The van der Waals surface area contributed by atoms with Crippen molar-refractivity contribution in [2.45, 2.75) is 39.5 Å². The average Bonchev–Trinajstić information content (AvgIpc) is 3.17. The van der Waals surface area contributed by atoms with E-state index < -0.39 is 42.5 Å². The molecule has 0 aliphatic heterocycles. The SMILES string of the molecule is C=CCOC(=O)N[C@H](C(=O)N[C@H](C)C(=O)Nc1ccc(CO)c(C(=O)NCCOCCOCCOCCOCCOCCOCCOCCOC)c1)C(C)C. The molecule has 1 aromatic rings. The summed E-state index contributed by atoms with van der Waals surface area (Å²) in [6, 6.07) is 2.55.